The molecule has 1 aromatic rings. The van der Waals surface area contributed by atoms with Gasteiger partial charge < -0.3 is 5.73 Å². The SMILES string of the molecule is CNS(=O)(=O)c1sc(N)nc1C. The lowest BCUT2D eigenvalue weighted by atomic mass is 10.6. The number of aryl methyl sites for hydroxylation is 1. The molecule has 7 heteroatoms. The Bertz CT molecular complexity index is 381. The molecular formula is C5H9N3O2S2. The molecule has 0 saturated carbocycles. The van der Waals surface area contributed by atoms with Crippen molar-refractivity contribution < 1.29 is 8.42 Å². The molecule has 0 aliphatic heterocycles. The van der Waals surface area contributed by atoms with Gasteiger partial charge in [-0.3, -0.25) is 0 Å². The van der Waals surface area contributed by atoms with Gasteiger partial charge in [0.1, 0.15) is 0 Å². The van der Waals surface area contributed by atoms with E-state index in [0.29, 0.717) is 5.69 Å². The molecule has 0 amide bonds. The monoisotopic (exact) mass is 207 g/mol. The van der Waals surface area contributed by atoms with Crippen LogP contribution in [0, 0.1) is 6.92 Å². The molecule has 3 N–H and O–H groups in total. The Morgan fingerprint density at radius 2 is 2.17 bits per heavy atom. The molecule has 0 bridgehead atoms. The minimum Gasteiger partial charge on any atom is -0.375 e. The molecule has 0 spiro atoms. The van der Waals surface area contributed by atoms with E-state index >= 15 is 0 Å². The van der Waals surface area contributed by atoms with Gasteiger partial charge in [0.25, 0.3) is 10.0 Å². The standard InChI is InChI=1S/C5H9N3O2S2/c1-3-4(11-5(6)8-3)12(9,10)7-2/h7H,1-2H3,(H2,6,8). The van der Waals surface area contributed by atoms with Crippen LogP contribution in [0.2, 0.25) is 0 Å². The first kappa shape index (κ1) is 9.43. The predicted octanol–water partition coefficient (Wildman–Crippen LogP) is -0.0582. The average molecular weight is 207 g/mol. The maximum atomic E-state index is 11.2. The Hall–Kier alpha value is -0.660. The topological polar surface area (TPSA) is 85.1 Å². The number of aromatic nitrogens is 1. The van der Waals surface area contributed by atoms with Crippen LogP contribution in [-0.2, 0) is 10.0 Å². The molecule has 0 fully saturated rings. The Kier molecular flexibility index (Phi) is 2.36. The molecule has 0 aromatic carbocycles. The van der Waals surface area contributed by atoms with Gasteiger partial charge in [-0.1, -0.05) is 11.3 Å². The summed E-state index contributed by atoms with van der Waals surface area (Å²) in [5, 5.41) is 0.265. The van der Waals surface area contributed by atoms with Crippen LogP contribution < -0.4 is 10.5 Å². The van der Waals surface area contributed by atoms with Crippen molar-refractivity contribution in [3.05, 3.63) is 5.69 Å². The highest BCUT2D eigenvalue weighted by Gasteiger charge is 2.18. The van der Waals surface area contributed by atoms with E-state index in [0.717, 1.165) is 11.3 Å². The molecule has 68 valence electrons. The third kappa shape index (κ3) is 1.57. The van der Waals surface area contributed by atoms with Crippen molar-refractivity contribution in [3.63, 3.8) is 0 Å². The summed E-state index contributed by atoms with van der Waals surface area (Å²) >= 11 is 0.962. The molecule has 0 atom stereocenters. The fourth-order valence-corrected chi connectivity index (χ4v) is 2.88. The number of nitrogen functional groups attached to an aromatic ring is 1. The predicted molar refractivity (Wildman–Crippen MR) is 47.5 cm³/mol. The number of nitrogens with zero attached hydrogens (tertiary/aromatic N) is 1. The van der Waals surface area contributed by atoms with Crippen LogP contribution >= 0.6 is 11.3 Å². The van der Waals surface area contributed by atoms with Gasteiger partial charge in [-0.2, -0.15) is 0 Å². The average Bonchev–Trinajstić information content (AvgIpc) is 2.31. The van der Waals surface area contributed by atoms with Gasteiger partial charge in [-0.05, 0) is 14.0 Å². The van der Waals surface area contributed by atoms with Crippen molar-refractivity contribution >= 4 is 26.5 Å². The molecule has 0 unspecified atom stereocenters. The van der Waals surface area contributed by atoms with E-state index in [1.807, 2.05) is 0 Å². The summed E-state index contributed by atoms with van der Waals surface area (Å²) < 4.78 is 24.9. The number of nitrogens with one attached hydrogen (secondary N) is 1. The summed E-state index contributed by atoms with van der Waals surface area (Å²) in [5.74, 6) is 0. The van der Waals surface area contributed by atoms with E-state index < -0.39 is 10.0 Å². The Balaban J connectivity index is 3.29. The molecule has 0 aliphatic carbocycles. The number of hydrogen-bond acceptors (Lipinski definition) is 5. The lowest BCUT2D eigenvalue weighted by Gasteiger charge is -1.97. The molecule has 0 saturated heterocycles. The summed E-state index contributed by atoms with van der Waals surface area (Å²) in [6.45, 7) is 1.61. The van der Waals surface area contributed by atoms with E-state index in [4.69, 9.17) is 5.73 Å². The third-order valence-electron chi connectivity index (χ3n) is 1.28. The second-order valence-electron chi connectivity index (χ2n) is 2.13. The molecule has 5 nitrogen and oxygen atoms in total. The number of anilines is 1. The van der Waals surface area contributed by atoms with Crippen LogP contribution in [0.25, 0.3) is 0 Å². The van der Waals surface area contributed by atoms with Gasteiger partial charge in [-0.25, -0.2) is 18.1 Å². The number of hydrogen-bond donors (Lipinski definition) is 2. The first-order valence-corrected chi connectivity index (χ1v) is 5.44. The Morgan fingerprint density at radius 3 is 2.50 bits per heavy atom. The number of rotatable bonds is 2. The Labute approximate surface area is 74.7 Å². The van der Waals surface area contributed by atoms with Crippen LogP contribution in [-0.4, -0.2) is 20.4 Å². The normalized spacial score (nSPS) is 11.8. The van der Waals surface area contributed by atoms with Crippen molar-refractivity contribution in [2.45, 2.75) is 11.1 Å². The molecule has 1 rings (SSSR count). The quantitative estimate of drug-likeness (QED) is 0.711. The van der Waals surface area contributed by atoms with E-state index in [1.165, 1.54) is 7.05 Å². The Morgan fingerprint density at radius 1 is 1.58 bits per heavy atom. The maximum absolute atomic E-state index is 11.2. The maximum Gasteiger partial charge on any atom is 0.251 e. The van der Waals surface area contributed by atoms with E-state index in [9.17, 15) is 8.42 Å². The van der Waals surface area contributed by atoms with Crippen molar-refractivity contribution in [2.24, 2.45) is 0 Å². The number of nitrogens with two attached hydrogens (primary N) is 1. The summed E-state index contributed by atoms with van der Waals surface area (Å²) in [4.78, 5) is 3.80. The van der Waals surface area contributed by atoms with Crippen LogP contribution in [0.5, 0.6) is 0 Å². The zero-order chi connectivity index (χ0) is 9.35. The lowest BCUT2D eigenvalue weighted by molar-refractivity contribution is 0.589. The highest BCUT2D eigenvalue weighted by molar-refractivity contribution is 7.91. The van der Waals surface area contributed by atoms with Crippen molar-refractivity contribution in [2.75, 3.05) is 12.8 Å². The van der Waals surface area contributed by atoms with Gasteiger partial charge in [0.05, 0.1) is 5.69 Å². The van der Waals surface area contributed by atoms with E-state index in [1.54, 1.807) is 6.92 Å². The summed E-state index contributed by atoms with van der Waals surface area (Å²) in [6, 6.07) is 0. The van der Waals surface area contributed by atoms with Gasteiger partial charge in [-0.15, -0.1) is 0 Å². The van der Waals surface area contributed by atoms with Crippen molar-refractivity contribution in [1.29, 1.82) is 0 Å². The van der Waals surface area contributed by atoms with Crippen LogP contribution in [0.1, 0.15) is 5.69 Å². The van der Waals surface area contributed by atoms with E-state index in [-0.39, 0.29) is 9.34 Å². The summed E-state index contributed by atoms with van der Waals surface area (Å²) in [7, 11) is -2.03. The molecule has 12 heavy (non-hydrogen) atoms. The second-order valence-corrected chi connectivity index (χ2v) is 5.24. The van der Waals surface area contributed by atoms with Crippen LogP contribution in [0.4, 0.5) is 5.13 Å². The van der Waals surface area contributed by atoms with Gasteiger partial charge in [0.15, 0.2) is 9.34 Å². The summed E-state index contributed by atoms with van der Waals surface area (Å²) in [5.41, 5.74) is 5.78. The zero-order valence-corrected chi connectivity index (χ0v) is 8.29. The lowest BCUT2D eigenvalue weighted by Crippen LogP contribution is -2.18. The fraction of sp³-hybridized carbons (Fsp3) is 0.400. The van der Waals surface area contributed by atoms with E-state index in [2.05, 4.69) is 9.71 Å². The highest BCUT2D eigenvalue weighted by Crippen LogP contribution is 2.23. The molecule has 0 aliphatic rings. The number of thiazole rings is 1. The minimum atomic E-state index is -3.38. The summed E-state index contributed by atoms with van der Waals surface area (Å²) in [6.07, 6.45) is 0. The van der Waals surface area contributed by atoms with Gasteiger partial charge in [0.2, 0.25) is 0 Å². The number of sulfonamides is 1. The van der Waals surface area contributed by atoms with Gasteiger partial charge >= 0.3 is 0 Å². The van der Waals surface area contributed by atoms with Crippen molar-refractivity contribution in [1.82, 2.24) is 9.71 Å². The molecular weight excluding hydrogens is 198 g/mol. The fourth-order valence-electron chi connectivity index (χ4n) is 0.745. The van der Waals surface area contributed by atoms with Crippen LogP contribution in [0.3, 0.4) is 0 Å². The molecule has 1 aromatic heterocycles. The first-order chi connectivity index (χ1) is 5.47. The second kappa shape index (κ2) is 3.00. The molecule has 1 heterocycles. The largest absolute Gasteiger partial charge is 0.375 e. The minimum absolute atomic E-state index is 0.183. The third-order valence-corrected chi connectivity index (χ3v) is 4.29. The van der Waals surface area contributed by atoms with Crippen molar-refractivity contribution in [3.8, 4) is 0 Å². The van der Waals surface area contributed by atoms with Crippen LogP contribution in [0.15, 0.2) is 4.21 Å². The molecule has 0 radical (unpaired) electrons. The zero-order valence-electron chi connectivity index (χ0n) is 6.66. The smallest absolute Gasteiger partial charge is 0.251 e. The van der Waals surface area contributed by atoms with Gasteiger partial charge in [0, 0.05) is 0 Å². The highest BCUT2D eigenvalue weighted by atomic mass is 32.2. The first-order valence-electron chi connectivity index (χ1n) is 3.14.